The lowest BCUT2D eigenvalue weighted by molar-refractivity contribution is -0.384. The molecule has 0 fully saturated rings. The molecular formula is C19H13ClN2O4. The van der Waals surface area contributed by atoms with Crippen molar-refractivity contribution in [3.8, 4) is 0 Å². The van der Waals surface area contributed by atoms with Gasteiger partial charge in [0, 0.05) is 11.6 Å². The number of hydrogen-bond acceptors (Lipinski definition) is 5. The maximum absolute atomic E-state index is 12.0. The molecule has 2 aromatic rings. The van der Waals surface area contributed by atoms with Gasteiger partial charge in [-0.05, 0) is 36.3 Å². The average molecular weight is 369 g/mol. The minimum Gasteiger partial charge on any atom is -0.402 e. The Morgan fingerprint density at radius 3 is 2.65 bits per heavy atom. The third-order valence-corrected chi connectivity index (χ3v) is 3.89. The molecule has 0 N–H and O–H groups in total. The van der Waals surface area contributed by atoms with E-state index in [1.807, 2.05) is 43.3 Å². The molecule has 0 spiro atoms. The average Bonchev–Trinajstić information content (AvgIpc) is 2.96. The second-order valence-corrected chi connectivity index (χ2v) is 5.97. The van der Waals surface area contributed by atoms with Gasteiger partial charge in [0.25, 0.3) is 5.69 Å². The Balaban J connectivity index is 1.91. The number of hydrogen-bond donors (Lipinski definition) is 0. The van der Waals surface area contributed by atoms with Gasteiger partial charge in [-0.1, -0.05) is 48.0 Å². The third kappa shape index (κ3) is 3.87. The summed E-state index contributed by atoms with van der Waals surface area (Å²) in [4.78, 5) is 26.6. The Morgan fingerprint density at radius 2 is 1.96 bits per heavy atom. The Labute approximate surface area is 154 Å². The van der Waals surface area contributed by atoms with Gasteiger partial charge in [0.05, 0.1) is 4.92 Å². The summed E-state index contributed by atoms with van der Waals surface area (Å²) < 4.78 is 5.14. The number of nitro benzene ring substituents is 1. The van der Waals surface area contributed by atoms with Crippen molar-refractivity contribution in [1.29, 1.82) is 0 Å². The van der Waals surface area contributed by atoms with Crippen molar-refractivity contribution in [3.05, 3.63) is 92.1 Å². The van der Waals surface area contributed by atoms with Crippen LogP contribution in [0.5, 0.6) is 0 Å². The second kappa shape index (κ2) is 7.33. The molecule has 0 saturated carbocycles. The number of nitrogens with zero attached hydrogens (tertiary/aromatic N) is 2. The fourth-order valence-corrected chi connectivity index (χ4v) is 2.57. The SMILES string of the molecule is CC(=C/c1ccccc1)/C=C1/N=C(c2ccc(Cl)c([N+](=O)[O-])c2)OC1=O. The first-order valence-corrected chi connectivity index (χ1v) is 8.02. The van der Waals surface area contributed by atoms with Gasteiger partial charge in [-0.3, -0.25) is 10.1 Å². The number of allylic oxidation sites excluding steroid dienone is 2. The van der Waals surface area contributed by atoms with E-state index in [0.29, 0.717) is 5.56 Å². The molecule has 3 rings (SSSR count). The molecule has 0 bridgehead atoms. The number of halogens is 1. The highest BCUT2D eigenvalue weighted by molar-refractivity contribution is 6.32. The van der Waals surface area contributed by atoms with Crippen LogP contribution in [0.1, 0.15) is 18.1 Å². The molecule has 0 saturated heterocycles. The van der Waals surface area contributed by atoms with Crippen LogP contribution in [-0.4, -0.2) is 16.8 Å². The second-order valence-electron chi connectivity index (χ2n) is 5.56. The number of aliphatic imine (C=N–C) groups is 1. The fraction of sp³-hybridized carbons (Fsp3) is 0.0526. The summed E-state index contributed by atoms with van der Waals surface area (Å²) in [6, 6.07) is 13.7. The Morgan fingerprint density at radius 1 is 1.23 bits per heavy atom. The summed E-state index contributed by atoms with van der Waals surface area (Å²) in [7, 11) is 0. The largest absolute Gasteiger partial charge is 0.402 e. The summed E-state index contributed by atoms with van der Waals surface area (Å²) in [5, 5.41) is 11.0. The van der Waals surface area contributed by atoms with Crippen LogP contribution in [0.25, 0.3) is 6.08 Å². The molecule has 1 heterocycles. The van der Waals surface area contributed by atoms with Crippen LogP contribution in [-0.2, 0) is 9.53 Å². The first-order valence-electron chi connectivity index (χ1n) is 7.64. The van der Waals surface area contributed by atoms with Crippen LogP contribution >= 0.6 is 11.6 Å². The molecule has 0 atom stereocenters. The molecular weight excluding hydrogens is 356 g/mol. The van der Waals surface area contributed by atoms with E-state index in [1.54, 1.807) is 6.08 Å². The number of carbonyl (C=O) groups excluding carboxylic acids is 1. The summed E-state index contributed by atoms with van der Waals surface area (Å²) in [5.41, 5.74) is 1.96. The maximum Gasteiger partial charge on any atom is 0.363 e. The van der Waals surface area contributed by atoms with Gasteiger partial charge in [-0.2, -0.15) is 0 Å². The summed E-state index contributed by atoms with van der Waals surface area (Å²) >= 11 is 5.79. The Hall–Kier alpha value is -3.25. The number of cyclic esters (lactones) is 1. The Bertz CT molecular complexity index is 978. The van der Waals surface area contributed by atoms with E-state index in [1.165, 1.54) is 18.2 Å². The first-order chi connectivity index (χ1) is 12.4. The normalized spacial score (nSPS) is 15.8. The number of nitro groups is 1. The summed E-state index contributed by atoms with van der Waals surface area (Å²) in [5.74, 6) is -0.605. The number of carbonyl (C=O) groups is 1. The van der Waals surface area contributed by atoms with Crippen molar-refractivity contribution >= 4 is 35.2 Å². The van der Waals surface area contributed by atoms with Crippen molar-refractivity contribution in [2.75, 3.05) is 0 Å². The van der Waals surface area contributed by atoms with Crippen molar-refractivity contribution in [1.82, 2.24) is 0 Å². The van der Waals surface area contributed by atoms with Crippen LogP contribution in [0.15, 0.2) is 70.9 Å². The minimum absolute atomic E-state index is 0.000998. The zero-order chi connectivity index (χ0) is 18.7. The highest BCUT2D eigenvalue weighted by atomic mass is 35.5. The lowest BCUT2D eigenvalue weighted by Crippen LogP contribution is -2.06. The molecule has 0 unspecified atom stereocenters. The van der Waals surface area contributed by atoms with Gasteiger partial charge in [0.2, 0.25) is 5.90 Å². The first kappa shape index (κ1) is 17.6. The highest BCUT2D eigenvalue weighted by Crippen LogP contribution is 2.27. The van der Waals surface area contributed by atoms with Gasteiger partial charge in [-0.25, -0.2) is 9.79 Å². The van der Waals surface area contributed by atoms with Crippen LogP contribution in [0, 0.1) is 10.1 Å². The lowest BCUT2D eigenvalue weighted by atomic mass is 10.1. The van der Waals surface area contributed by atoms with E-state index in [-0.39, 0.29) is 22.3 Å². The van der Waals surface area contributed by atoms with Gasteiger partial charge >= 0.3 is 5.97 Å². The fourth-order valence-electron chi connectivity index (χ4n) is 2.39. The number of benzene rings is 2. The molecule has 0 amide bonds. The maximum atomic E-state index is 12.0. The van der Waals surface area contributed by atoms with Crippen LogP contribution < -0.4 is 0 Å². The molecule has 0 aromatic heterocycles. The zero-order valence-electron chi connectivity index (χ0n) is 13.7. The number of esters is 1. The van der Waals surface area contributed by atoms with Crippen LogP contribution in [0.3, 0.4) is 0 Å². The molecule has 130 valence electrons. The van der Waals surface area contributed by atoms with E-state index < -0.39 is 10.9 Å². The molecule has 2 aromatic carbocycles. The standard InChI is InChI=1S/C19H13ClN2O4/c1-12(9-13-5-3-2-4-6-13)10-16-19(23)26-18(21-16)14-7-8-15(20)17(11-14)22(24)25/h2-11H,1H3/b12-9-,16-10+. The molecule has 0 aliphatic carbocycles. The monoisotopic (exact) mass is 368 g/mol. The van der Waals surface area contributed by atoms with Gasteiger partial charge < -0.3 is 4.74 Å². The van der Waals surface area contributed by atoms with Crippen molar-refractivity contribution in [2.45, 2.75) is 6.92 Å². The number of rotatable bonds is 4. The van der Waals surface area contributed by atoms with Crippen molar-refractivity contribution in [2.24, 2.45) is 4.99 Å². The van der Waals surface area contributed by atoms with Gasteiger partial charge in [0.15, 0.2) is 5.70 Å². The van der Waals surface area contributed by atoms with E-state index >= 15 is 0 Å². The highest BCUT2D eigenvalue weighted by Gasteiger charge is 2.26. The smallest absolute Gasteiger partial charge is 0.363 e. The third-order valence-electron chi connectivity index (χ3n) is 3.57. The van der Waals surface area contributed by atoms with Crippen molar-refractivity contribution < 1.29 is 14.5 Å². The van der Waals surface area contributed by atoms with Gasteiger partial charge in [0.1, 0.15) is 5.02 Å². The predicted molar refractivity (Wildman–Crippen MR) is 98.9 cm³/mol. The van der Waals surface area contributed by atoms with E-state index in [4.69, 9.17) is 16.3 Å². The van der Waals surface area contributed by atoms with Crippen molar-refractivity contribution in [3.63, 3.8) is 0 Å². The van der Waals surface area contributed by atoms with E-state index in [9.17, 15) is 14.9 Å². The molecule has 1 aliphatic heterocycles. The minimum atomic E-state index is -0.613. The summed E-state index contributed by atoms with van der Waals surface area (Å²) in [6.07, 6.45) is 3.51. The lowest BCUT2D eigenvalue weighted by Gasteiger charge is -2.00. The molecule has 0 radical (unpaired) electrons. The zero-order valence-corrected chi connectivity index (χ0v) is 14.4. The molecule has 7 heteroatoms. The predicted octanol–water partition coefficient (Wildman–Crippen LogP) is 4.54. The topological polar surface area (TPSA) is 81.8 Å². The molecule has 26 heavy (non-hydrogen) atoms. The Kier molecular flexibility index (Phi) is 4.95. The van der Waals surface area contributed by atoms with Gasteiger partial charge in [-0.15, -0.1) is 0 Å². The quantitative estimate of drug-likeness (QED) is 0.343. The molecule has 6 nitrogen and oxygen atoms in total. The van der Waals surface area contributed by atoms with Crippen LogP contribution in [0.4, 0.5) is 5.69 Å². The van der Waals surface area contributed by atoms with E-state index in [2.05, 4.69) is 4.99 Å². The molecule has 1 aliphatic rings. The van der Waals surface area contributed by atoms with Crippen LogP contribution in [0.2, 0.25) is 5.02 Å². The number of ether oxygens (including phenoxy) is 1. The van der Waals surface area contributed by atoms with E-state index in [0.717, 1.165) is 11.1 Å². The summed E-state index contributed by atoms with van der Waals surface area (Å²) in [6.45, 7) is 1.84.